The Kier molecular flexibility index (Phi) is 4.92. The van der Waals surface area contributed by atoms with Crippen molar-refractivity contribution in [1.82, 2.24) is 5.32 Å². The van der Waals surface area contributed by atoms with Crippen LogP contribution in [0.2, 0.25) is 0 Å². The highest BCUT2D eigenvalue weighted by Gasteiger charge is 2.10. The van der Waals surface area contributed by atoms with Gasteiger partial charge in [-0.05, 0) is 17.7 Å². The van der Waals surface area contributed by atoms with Gasteiger partial charge in [-0.2, -0.15) is 0 Å². The summed E-state index contributed by atoms with van der Waals surface area (Å²) in [4.78, 5) is 0.362. The lowest BCUT2D eigenvalue weighted by Crippen LogP contribution is -2.17. The molecule has 0 aliphatic carbocycles. The summed E-state index contributed by atoms with van der Waals surface area (Å²) >= 11 is 0. The van der Waals surface area contributed by atoms with Crippen LogP contribution in [0.15, 0.2) is 29.2 Å². The predicted molar refractivity (Wildman–Crippen MR) is 63.0 cm³/mol. The summed E-state index contributed by atoms with van der Waals surface area (Å²) in [5.41, 5.74) is 1.00. The molecule has 2 N–H and O–H groups in total. The maximum Gasteiger partial charge on any atom is 0.178 e. The van der Waals surface area contributed by atoms with Crippen molar-refractivity contribution in [1.29, 1.82) is 0 Å². The summed E-state index contributed by atoms with van der Waals surface area (Å²) in [6.07, 6.45) is 0. The second-order valence-electron chi connectivity index (χ2n) is 3.45. The molecule has 0 unspecified atom stereocenters. The van der Waals surface area contributed by atoms with Crippen LogP contribution in [0.4, 0.5) is 0 Å². The molecule has 1 rings (SSSR count). The quantitative estimate of drug-likeness (QED) is 0.717. The van der Waals surface area contributed by atoms with E-state index in [1.54, 1.807) is 31.2 Å². The van der Waals surface area contributed by atoms with Crippen LogP contribution in [-0.2, 0) is 16.4 Å². The van der Waals surface area contributed by atoms with E-state index in [0.717, 1.165) is 5.56 Å². The summed E-state index contributed by atoms with van der Waals surface area (Å²) in [6, 6.07) is 6.81. The van der Waals surface area contributed by atoms with Crippen molar-refractivity contribution in [3.63, 3.8) is 0 Å². The minimum absolute atomic E-state index is 0.0995. The molecule has 1 aromatic rings. The van der Waals surface area contributed by atoms with E-state index in [-0.39, 0.29) is 12.4 Å². The first-order valence-electron chi connectivity index (χ1n) is 5.23. The average Bonchev–Trinajstić information content (AvgIpc) is 2.30. The number of hydrogen-bond acceptors (Lipinski definition) is 4. The number of rotatable bonds is 6. The van der Waals surface area contributed by atoms with Crippen molar-refractivity contribution in [3.05, 3.63) is 29.8 Å². The normalized spacial score (nSPS) is 11.6. The van der Waals surface area contributed by atoms with Gasteiger partial charge >= 0.3 is 0 Å². The van der Waals surface area contributed by atoms with Crippen molar-refractivity contribution in [2.24, 2.45) is 0 Å². The maximum absolute atomic E-state index is 11.5. The van der Waals surface area contributed by atoms with Crippen LogP contribution >= 0.6 is 0 Å². The molecule has 16 heavy (non-hydrogen) atoms. The molecular weight excluding hydrogens is 226 g/mol. The average molecular weight is 243 g/mol. The Labute approximate surface area is 96.2 Å². The molecule has 0 spiro atoms. The van der Waals surface area contributed by atoms with E-state index < -0.39 is 9.84 Å². The Morgan fingerprint density at radius 3 is 2.38 bits per heavy atom. The zero-order valence-corrected chi connectivity index (χ0v) is 10.1. The van der Waals surface area contributed by atoms with Crippen LogP contribution in [0.25, 0.3) is 0 Å². The zero-order chi connectivity index (χ0) is 12.0. The van der Waals surface area contributed by atoms with E-state index in [1.165, 1.54) is 0 Å². The third-order valence-electron chi connectivity index (χ3n) is 2.28. The van der Waals surface area contributed by atoms with Gasteiger partial charge in [-0.1, -0.05) is 19.1 Å². The van der Waals surface area contributed by atoms with Gasteiger partial charge in [-0.3, -0.25) is 0 Å². The van der Waals surface area contributed by atoms with Gasteiger partial charge in [0.2, 0.25) is 0 Å². The van der Waals surface area contributed by atoms with Gasteiger partial charge in [0.1, 0.15) is 0 Å². The van der Waals surface area contributed by atoms with Crippen LogP contribution in [0.3, 0.4) is 0 Å². The summed E-state index contributed by atoms with van der Waals surface area (Å²) in [5.74, 6) is 0.120. The fourth-order valence-corrected chi connectivity index (χ4v) is 2.18. The molecule has 0 amide bonds. The maximum atomic E-state index is 11.5. The van der Waals surface area contributed by atoms with E-state index in [2.05, 4.69) is 5.32 Å². The molecule has 0 aliphatic heterocycles. The second kappa shape index (κ2) is 5.98. The Balaban J connectivity index is 2.68. The van der Waals surface area contributed by atoms with Crippen molar-refractivity contribution >= 4 is 9.84 Å². The fourth-order valence-electron chi connectivity index (χ4n) is 1.29. The highest BCUT2D eigenvalue weighted by Crippen LogP contribution is 2.12. The predicted octanol–water partition coefficient (Wildman–Crippen LogP) is 0.562. The van der Waals surface area contributed by atoms with Gasteiger partial charge in [0.25, 0.3) is 0 Å². The smallest absolute Gasteiger partial charge is 0.178 e. The van der Waals surface area contributed by atoms with Crippen molar-refractivity contribution in [2.45, 2.75) is 18.4 Å². The molecule has 1 aromatic carbocycles. The molecule has 0 saturated carbocycles. The number of aliphatic hydroxyl groups excluding tert-OH is 1. The van der Waals surface area contributed by atoms with Gasteiger partial charge in [-0.25, -0.2) is 8.42 Å². The van der Waals surface area contributed by atoms with Crippen LogP contribution < -0.4 is 5.32 Å². The molecular formula is C11H17NO3S. The molecule has 0 bridgehead atoms. The van der Waals surface area contributed by atoms with E-state index in [1.807, 2.05) is 0 Å². The number of sulfone groups is 1. The molecule has 0 aromatic heterocycles. The summed E-state index contributed by atoms with van der Waals surface area (Å²) < 4.78 is 23.0. The van der Waals surface area contributed by atoms with Crippen molar-refractivity contribution < 1.29 is 13.5 Å². The van der Waals surface area contributed by atoms with E-state index >= 15 is 0 Å². The number of aliphatic hydroxyl groups is 1. The molecule has 0 aliphatic rings. The van der Waals surface area contributed by atoms with Gasteiger partial charge in [0.05, 0.1) is 17.3 Å². The van der Waals surface area contributed by atoms with Crippen molar-refractivity contribution in [3.8, 4) is 0 Å². The molecule has 4 nitrogen and oxygen atoms in total. The SMILES string of the molecule is CCS(=O)(=O)c1ccc(CNCCO)cc1. The molecule has 90 valence electrons. The van der Waals surface area contributed by atoms with Gasteiger partial charge < -0.3 is 10.4 Å². The van der Waals surface area contributed by atoms with Gasteiger partial charge in [0.15, 0.2) is 9.84 Å². The first-order chi connectivity index (χ1) is 7.60. The Bertz CT molecular complexity index is 411. The Morgan fingerprint density at radius 1 is 1.25 bits per heavy atom. The monoisotopic (exact) mass is 243 g/mol. The molecule has 0 heterocycles. The van der Waals surface area contributed by atoms with Gasteiger partial charge in [0, 0.05) is 13.1 Å². The minimum atomic E-state index is -3.10. The number of benzene rings is 1. The second-order valence-corrected chi connectivity index (χ2v) is 5.73. The first-order valence-corrected chi connectivity index (χ1v) is 6.88. The first kappa shape index (κ1) is 13.2. The van der Waals surface area contributed by atoms with E-state index in [0.29, 0.717) is 18.0 Å². The number of nitrogens with one attached hydrogen (secondary N) is 1. The van der Waals surface area contributed by atoms with Crippen molar-refractivity contribution in [2.75, 3.05) is 18.9 Å². The number of hydrogen-bond donors (Lipinski definition) is 2. The molecule has 0 radical (unpaired) electrons. The van der Waals surface area contributed by atoms with Crippen LogP contribution in [0, 0.1) is 0 Å². The highest BCUT2D eigenvalue weighted by atomic mass is 32.2. The summed E-state index contributed by atoms with van der Waals surface area (Å²) in [5, 5.41) is 11.6. The fraction of sp³-hybridized carbons (Fsp3) is 0.455. The van der Waals surface area contributed by atoms with E-state index in [9.17, 15) is 8.42 Å². The third kappa shape index (κ3) is 3.59. The lowest BCUT2D eigenvalue weighted by Gasteiger charge is -2.05. The topological polar surface area (TPSA) is 66.4 Å². The third-order valence-corrected chi connectivity index (χ3v) is 4.03. The van der Waals surface area contributed by atoms with Gasteiger partial charge in [-0.15, -0.1) is 0 Å². The summed E-state index contributed by atoms with van der Waals surface area (Å²) in [7, 11) is -3.10. The highest BCUT2D eigenvalue weighted by molar-refractivity contribution is 7.91. The largest absolute Gasteiger partial charge is 0.395 e. The van der Waals surface area contributed by atoms with E-state index in [4.69, 9.17) is 5.11 Å². The lowest BCUT2D eigenvalue weighted by molar-refractivity contribution is 0.292. The molecule has 0 saturated heterocycles. The zero-order valence-electron chi connectivity index (χ0n) is 9.31. The van der Waals surface area contributed by atoms with Crippen LogP contribution in [-0.4, -0.2) is 32.4 Å². The molecule has 0 atom stereocenters. The Hall–Kier alpha value is -0.910. The lowest BCUT2D eigenvalue weighted by atomic mass is 10.2. The van der Waals surface area contributed by atoms with Crippen LogP contribution in [0.5, 0.6) is 0 Å². The standard InChI is InChI=1S/C11H17NO3S/c1-2-16(14,15)11-5-3-10(4-6-11)9-12-7-8-13/h3-6,12-13H,2,7-9H2,1H3. The molecule has 5 heteroatoms. The van der Waals surface area contributed by atoms with Crippen LogP contribution in [0.1, 0.15) is 12.5 Å². The minimum Gasteiger partial charge on any atom is -0.395 e. The summed E-state index contributed by atoms with van der Waals surface area (Å²) in [6.45, 7) is 2.90. The Morgan fingerprint density at radius 2 is 1.88 bits per heavy atom. The molecule has 0 fully saturated rings.